The first-order chi connectivity index (χ1) is 5.27. The van der Waals surface area contributed by atoms with Crippen molar-refractivity contribution in [3.63, 3.8) is 0 Å². The summed E-state index contributed by atoms with van der Waals surface area (Å²) in [5.74, 6) is 0. The van der Waals surface area contributed by atoms with E-state index in [9.17, 15) is 0 Å². The molecule has 0 amide bonds. The minimum Gasteiger partial charge on any atom is -0.323 e. The van der Waals surface area contributed by atoms with Gasteiger partial charge in [-0.15, -0.1) is 0 Å². The highest BCUT2D eigenvalue weighted by molar-refractivity contribution is 9.10. The molecule has 2 rings (SSSR count). The maximum Gasteiger partial charge on any atom is 0.115 e. The van der Waals surface area contributed by atoms with E-state index in [0.717, 1.165) is 15.5 Å². The molecular weight excluding hydrogens is 201 g/mol. The summed E-state index contributed by atoms with van der Waals surface area (Å²) >= 11 is 3.43. The van der Waals surface area contributed by atoms with Crippen molar-refractivity contribution in [1.29, 1.82) is 0 Å². The molecule has 2 aromatic rings. The lowest BCUT2D eigenvalue weighted by Crippen LogP contribution is -2.04. The van der Waals surface area contributed by atoms with Crippen molar-refractivity contribution in [2.45, 2.75) is 0 Å². The van der Waals surface area contributed by atoms with Gasteiger partial charge in [0, 0.05) is 16.9 Å². The Bertz CT molecular complexity index is 394. The van der Waals surface area contributed by atoms with Gasteiger partial charge < -0.3 is 4.40 Å². The molecule has 0 atom stereocenters. The summed E-state index contributed by atoms with van der Waals surface area (Å²) in [6.07, 6.45) is 3.86. The molecular formula is C8H5BBrN. The highest BCUT2D eigenvalue weighted by Gasteiger charge is 1.96. The van der Waals surface area contributed by atoms with Crippen LogP contribution in [0, 0.1) is 0 Å². The molecule has 3 heteroatoms. The molecule has 2 aromatic heterocycles. The number of nitrogens with zero attached hydrogens (tertiary/aromatic N) is 1. The molecule has 0 unspecified atom stereocenters. The Morgan fingerprint density at radius 2 is 2.27 bits per heavy atom. The van der Waals surface area contributed by atoms with Crippen molar-refractivity contribution >= 4 is 34.8 Å². The predicted molar refractivity (Wildman–Crippen MR) is 50.5 cm³/mol. The smallest absolute Gasteiger partial charge is 0.115 e. The molecule has 0 aliphatic carbocycles. The van der Waals surface area contributed by atoms with Crippen LogP contribution >= 0.6 is 15.9 Å². The number of rotatable bonds is 0. The molecule has 2 heterocycles. The van der Waals surface area contributed by atoms with Crippen LogP contribution in [0.1, 0.15) is 0 Å². The second-order valence-corrected chi connectivity index (χ2v) is 3.28. The number of aromatic nitrogens is 1. The van der Waals surface area contributed by atoms with Gasteiger partial charge in [0.25, 0.3) is 0 Å². The van der Waals surface area contributed by atoms with Crippen molar-refractivity contribution < 1.29 is 0 Å². The van der Waals surface area contributed by atoms with Crippen LogP contribution in [-0.4, -0.2) is 12.2 Å². The first kappa shape index (κ1) is 6.98. The van der Waals surface area contributed by atoms with Crippen molar-refractivity contribution in [2.75, 3.05) is 0 Å². The molecule has 0 N–H and O–H groups in total. The first-order valence-corrected chi connectivity index (χ1v) is 4.08. The van der Waals surface area contributed by atoms with E-state index in [1.54, 1.807) is 0 Å². The van der Waals surface area contributed by atoms with Gasteiger partial charge in [-0.25, -0.2) is 0 Å². The fourth-order valence-corrected chi connectivity index (χ4v) is 1.73. The summed E-state index contributed by atoms with van der Waals surface area (Å²) in [6.45, 7) is 0. The average Bonchev–Trinajstić information content (AvgIpc) is 2.34. The van der Waals surface area contributed by atoms with Crippen LogP contribution < -0.4 is 5.46 Å². The van der Waals surface area contributed by atoms with E-state index in [1.807, 2.05) is 35.0 Å². The first-order valence-electron chi connectivity index (χ1n) is 3.29. The molecule has 1 nitrogen and oxygen atoms in total. The van der Waals surface area contributed by atoms with Crippen LogP contribution in [0.2, 0.25) is 0 Å². The Labute approximate surface area is 74.6 Å². The van der Waals surface area contributed by atoms with Crippen molar-refractivity contribution in [2.24, 2.45) is 0 Å². The highest BCUT2D eigenvalue weighted by atomic mass is 79.9. The molecule has 0 saturated carbocycles. The number of hydrogen-bond donors (Lipinski definition) is 0. The quantitative estimate of drug-likeness (QED) is 0.575. The summed E-state index contributed by atoms with van der Waals surface area (Å²) in [4.78, 5) is 0. The zero-order chi connectivity index (χ0) is 7.84. The van der Waals surface area contributed by atoms with Gasteiger partial charge in [0.15, 0.2) is 0 Å². The third-order valence-corrected chi connectivity index (χ3v) is 2.24. The Morgan fingerprint density at radius 1 is 1.45 bits per heavy atom. The van der Waals surface area contributed by atoms with Crippen LogP contribution in [0.4, 0.5) is 0 Å². The van der Waals surface area contributed by atoms with Gasteiger partial charge in [0.2, 0.25) is 0 Å². The monoisotopic (exact) mass is 205 g/mol. The second-order valence-electron chi connectivity index (χ2n) is 2.42. The summed E-state index contributed by atoms with van der Waals surface area (Å²) < 4.78 is 3.02. The van der Waals surface area contributed by atoms with Crippen LogP contribution in [0.15, 0.2) is 35.1 Å². The number of halogens is 1. The van der Waals surface area contributed by atoms with Gasteiger partial charge in [-0.3, -0.25) is 0 Å². The third-order valence-electron chi connectivity index (χ3n) is 1.61. The fraction of sp³-hybridized carbons (Fsp3) is 0. The van der Waals surface area contributed by atoms with E-state index < -0.39 is 0 Å². The Morgan fingerprint density at radius 3 is 3.09 bits per heavy atom. The molecule has 0 bridgehead atoms. The lowest BCUT2D eigenvalue weighted by atomic mass is 9.99. The van der Waals surface area contributed by atoms with Gasteiger partial charge in [-0.1, -0.05) is 11.5 Å². The van der Waals surface area contributed by atoms with E-state index in [2.05, 4.69) is 15.9 Å². The third kappa shape index (κ3) is 1.09. The number of fused-ring (bicyclic) bond motifs is 1. The second kappa shape index (κ2) is 2.41. The number of pyridine rings is 1. The summed E-state index contributed by atoms with van der Waals surface area (Å²) in [5, 5.41) is 0. The topological polar surface area (TPSA) is 4.41 Å². The van der Waals surface area contributed by atoms with E-state index >= 15 is 0 Å². The minimum atomic E-state index is 0.764. The summed E-state index contributed by atoms with van der Waals surface area (Å²) in [7, 11) is 5.63. The van der Waals surface area contributed by atoms with Gasteiger partial charge in [-0.2, -0.15) is 0 Å². The van der Waals surface area contributed by atoms with Gasteiger partial charge in [0.1, 0.15) is 7.85 Å². The molecule has 2 radical (unpaired) electrons. The SMILES string of the molecule is [B]c1cc(Br)c2cccn2c1. The van der Waals surface area contributed by atoms with Gasteiger partial charge in [0.05, 0.1) is 5.52 Å². The van der Waals surface area contributed by atoms with E-state index in [4.69, 9.17) is 7.85 Å². The van der Waals surface area contributed by atoms with E-state index in [0.29, 0.717) is 0 Å². The van der Waals surface area contributed by atoms with Crippen molar-refractivity contribution in [3.05, 3.63) is 35.1 Å². The minimum absolute atomic E-state index is 0.764. The lowest BCUT2D eigenvalue weighted by molar-refractivity contribution is 1.21. The Hall–Kier alpha value is -0.695. The van der Waals surface area contributed by atoms with Gasteiger partial charge >= 0.3 is 0 Å². The Kier molecular flexibility index (Phi) is 1.53. The van der Waals surface area contributed by atoms with Crippen LogP contribution in [0.3, 0.4) is 0 Å². The molecule has 0 aliphatic rings. The molecule has 0 spiro atoms. The van der Waals surface area contributed by atoms with Crippen molar-refractivity contribution in [3.8, 4) is 0 Å². The predicted octanol–water partition coefficient (Wildman–Crippen LogP) is 1.50. The highest BCUT2D eigenvalue weighted by Crippen LogP contribution is 2.15. The number of hydrogen-bond acceptors (Lipinski definition) is 0. The molecule has 52 valence electrons. The van der Waals surface area contributed by atoms with E-state index in [-0.39, 0.29) is 0 Å². The summed E-state index contributed by atoms with van der Waals surface area (Å²) in [5.41, 5.74) is 1.90. The van der Waals surface area contributed by atoms with Gasteiger partial charge in [-0.05, 0) is 28.1 Å². The Balaban J connectivity index is 2.91. The van der Waals surface area contributed by atoms with Crippen LogP contribution in [-0.2, 0) is 0 Å². The zero-order valence-corrected chi connectivity index (χ0v) is 7.38. The van der Waals surface area contributed by atoms with E-state index in [1.165, 1.54) is 0 Å². The molecule has 0 fully saturated rings. The fourth-order valence-electron chi connectivity index (χ4n) is 1.13. The molecule has 0 aliphatic heterocycles. The maximum atomic E-state index is 5.63. The normalized spacial score (nSPS) is 10.6. The molecule has 0 saturated heterocycles. The van der Waals surface area contributed by atoms with Crippen LogP contribution in [0.25, 0.3) is 5.52 Å². The summed E-state index contributed by atoms with van der Waals surface area (Å²) in [6, 6.07) is 5.92. The molecule has 11 heavy (non-hydrogen) atoms. The zero-order valence-electron chi connectivity index (χ0n) is 5.79. The van der Waals surface area contributed by atoms with Crippen molar-refractivity contribution in [1.82, 2.24) is 4.40 Å². The molecule has 0 aromatic carbocycles. The lowest BCUT2D eigenvalue weighted by Gasteiger charge is -1.99. The maximum absolute atomic E-state index is 5.63. The largest absolute Gasteiger partial charge is 0.323 e. The van der Waals surface area contributed by atoms with Crippen LogP contribution in [0.5, 0.6) is 0 Å². The standard InChI is InChI=1S/C8H5BBrN/c9-6-4-7(10)8-2-1-3-11(8)5-6/h1-5H. The average molecular weight is 206 g/mol.